The molecule has 1 heterocycles. The molecule has 5 heteroatoms. The number of hydrogen-bond donors (Lipinski definition) is 3. The number of nitrogens with one attached hydrogen (secondary N) is 1. The van der Waals surface area contributed by atoms with Crippen LogP contribution in [0.1, 0.15) is 10.4 Å². The lowest BCUT2D eigenvalue weighted by atomic mass is 10.2. The Hall–Kier alpha value is -2.82. The van der Waals surface area contributed by atoms with Crippen molar-refractivity contribution in [1.82, 2.24) is 9.97 Å². The molecule has 94 valence electrons. The summed E-state index contributed by atoms with van der Waals surface area (Å²) in [5, 5.41) is 18.2. The van der Waals surface area contributed by atoms with Gasteiger partial charge in [-0.15, -0.1) is 0 Å². The normalized spacial score (nSPS) is 10.7. The fraction of sp³-hybridized carbons (Fsp3) is 0. The Kier molecular flexibility index (Phi) is 2.45. The van der Waals surface area contributed by atoms with Crippen LogP contribution in [0.15, 0.2) is 42.5 Å². The third-order valence-corrected chi connectivity index (χ3v) is 2.87. The van der Waals surface area contributed by atoms with Gasteiger partial charge in [-0.2, -0.15) is 0 Å². The molecular formula is C14H10N2O3. The Morgan fingerprint density at radius 1 is 1.11 bits per heavy atom. The Bertz CT molecular complexity index is 760. The van der Waals surface area contributed by atoms with Gasteiger partial charge in [0.05, 0.1) is 16.6 Å². The van der Waals surface area contributed by atoms with E-state index in [0.717, 1.165) is 5.56 Å². The predicted molar refractivity (Wildman–Crippen MR) is 70.2 cm³/mol. The number of aromatic amines is 1. The van der Waals surface area contributed by atoms with E-state index in [1.54, 1.807) is 36.4 Å². The minimum atomic E-state index is -0.970. The summed E-state index contributed by atoms with van der Waals surface area (Å²) >= 11 is 0. The maximum Gasteiger partial charge on any atom is 0.335 e. The van der Waals surface area contributed by atoms with E-state index in [2.05, 4.69) is 9.97 Å². The van der Waals surface area contributed by atoms with Crippen LogP contribution in [0.3, 0.4) is 0 Å². The van der Waals surface area contributed by atoms with Crippen molar-refractivity contribution in [2.24, 2.45) is 0 Å². The number of carboxylic acid groups (broad SMARTS) is 1. The largest absolute Gasteiger partial charge is 0.508 e. The van der Waals surface area contributed by atoms with Crippen LogP contribution in [-0.4, -0.2) is 26.2 Å². The van der Waals surface area contributed by atoms with E-state index in [4.69, 9.17) is 5.11 Å². The molecule has 0 saturated heterocycles. The van der Waals surface area contributed by atoms with E-state index in [1.165, 1.54) is 6.07 Å². The molecule has 0 spiro atoms. The van der Waals surface area contributed by atoms with Crippen molar-refractivity contribution >= 4 is 17.0 Å². The zero-order valence-corrected chi connectivity index (χ0v) is 9.79. The van der Waals surface area contributed by atoms with E-state index in [0.29, 0.717) is 16.9 Å². The molecule has 0 atom stereocenters. The smallest absolute Gasteiger partial charge is 0.335 e. The number of H-pyrrole nitrogens is 1. The third kappa shape index (κ3) is 2.01. The molecule has 3 N–H and O–H groups in total. The number of nitrogens with zero attached hydrogens (tertiary/aromatic N) is 1. The van der Waals surface area contributed by atoms with Crippen molar-refractivity contribution in [2.45, 2.75) is 0 Å². The van der Waals surface area contributed by atoms with Gasteiger partial charge in [0.1, 0.15) is 11.6 Å². The van der Waals surface area contributed by atoms with Gasteiger partial charge in [0.15, 0.2) is 0 Å². The number of carbonyl (C=O) groups is 1. The fourth-order valence-electron chi connectivity index (χ4n) is 1.90. The van der Waals surface area contributed by atoms with Gasteiger partial charge in [0.25, 0.3) is 0 Å². The van der Waals surface area contributed by atoms with Gasteiger partial charge >= 0.3 is 5.97 Å². The van der Waals surface area contributed by atoms with Crippen molar-refractivity contribution in [3.8, 4) is 17.1 Å². The van der Waals surface area contributed by atoms with E-state index in [9.17, 15) is 9.90 Å². The zero-order valence-electron chi connectivity index (χ0n) is 9.79. The Labute approximate surface area is 108 Å². The molecule has 0 aliphatic carbocycles. The summed E-state index contributed by atoms with van der Waals surface area (Å²) in [7, 11) is 0. The molecule has 0 aliphatic rings. The van der Waals surface area contributed by atoms with Gasteiger partial charge in [-0.3, -0.25) is 0 Å². The van der Waals surface area contributed by atoms with Gasteiger partial charge in [0.2, 0.25) is 0 Å². The minimum Gasteiger partial charge on any atom is -0.508 e. The van der Waals surface area contributed by atoms with Crippen LogP contribution >= 0.6 is 0 Å². The Morgan fingerprint density at radius 2 is 1.84 bits per heavy atom. The van der Waals surface area contributed by atoms with Crippen LogP contribution in [0.25, 0.3) is 22.4 Å². The summed E-state index contributed by atoms with van der Waals surface area (Å²) in [5.74, 6) is -0.145. The lowest BCUT2D eigenvalue weighted by molar-refractivity contribution is 0.0697. The molecule has 0 bridgehead atoms. The van der Waals surface area contributed by atoms with Gasteiger partial charge in [-0.1, -0.05) is 0 Å². The summed E-state index contributed by atoms with van der Waals surface area (Å²) in [6, 6.07) is 11.4. The number of phenolic OH excluding ortho intramolecular Hbond substituents is 1. The van der Waals surface area contributed by atoms with Crippen LogP contribution in [0.2, 0.25) is 0 Å². The molecule has 0 saturated carbocycles. The summed E-state index contributed by atoms with van der Waals surface area (Å²) in [6.07, 6.45) is 0. The van der Waals surface area contributed by atoms with Crippen LogP contribution in [0.4, 0.5) is 0 Å². The molecule has 0 unspecified atom stereocenters. The molecule has 2 aromatic carbocycles. The first-order valence-corrected chi connectivity index (χ1v) is 5.66. The molecule has 5 nitrogen and oxygen atoms in total. The molecule has 0 aliphatic heterocycles. The molecule has 1 aromatic heterocycles. The molecule has 3 rings (SSSR count). The number of phenols is 1. The molecule has 0 amide bonds. The molecular weight excluding hydrogens is 244 g/mol. The number of aromatic carboxylic acids is 1. The molecule has 0 fully saturated rings. The second-order valence-corrected chi connectivity index (χ2v) is 4.17. The Morgan fingerprint density at radius 3 is 2.53 bits per heavy atom. The SMILES string of the molecule is O=C(O)c1ccc2nc(-c3ccc(O)cc3)[nH]c2c1. The molecule has 19 heavy (non-hydrogen) atoms. The third-order valence-electron chi connectivity index (χ3n) is 2.87. The van der Waals surface area contributed by atoms with Gasteiger partial charge in [-0.05, 0) is 42.5 Å². The number of aromatic hydroxyl groups is 1. The number of fused-ring (bicyclic) bond motifs is 1. The highest BCUT2D eigenvalue weighted by atomic mass is 16.4. The van der Waals surface area contributed by atoms with Crippen molar-refractivity contribution in [3.63, 3.8) is 0 Å². The van der Waals surface area contributed by atoms with Gasteiger partial charge in [-0.25, -0.2) is 9.78 Å². The second-order valence-electron chi connectivity index (χ2n) is 4.17. The van der Waals surface area contributed by atoms with Gasteiger partial charge < -0.3 is 15.2 Å². The predicted octanol–water partition coefficient (Wildman–Crippen LogP) is 2.63. The summed E-state index contributed by atoms with van der Waals surface area (Å²) < 4.78 is 0. The first-order chi connectivity index (χ1) is 9.13. The number of rotatable bonds is 2. The number of benzene rings is 2. The van der Waals surface area contributed by atoms with Crippen molar-refractivity contribution in [2.75, 3.05) is 0 Å². The lowest BCUT2D eigenvalue weighted by Gasteiger charge is -1.96. The monoisotopic (exact) mass is 254 g/mol. The fourth-order valence-corrected chi connectivity index (χ4v) is 1.90. The quantitative estimate of drug-likeness (QED) is 0.656. The number of imidazole rings is 1. The highest BCUT2D eigenvalue weighted by Gasteiger charge is 2.08. The van der Waals surface area contributed by atoms with Crippen LogP contribution in [0.5, 0.6) is 5.75 Å². The number of carboxylic acids is 1. The van der Waals surface area contributed by atoms with Gasteiger partial charge in [0, 0.05) is 5.56 Å². The standard InChI is InChI=1S/C14H10N2O3/c17-10-4-1-8(2-5-10)13-15-11-6-3-9(14(18)19)7-12(11)16-13/h1-7,17H,(H,15,16)(H,18,19). The summed E-state index contributed by atoms with van der Waals surface area (Å²) in [6.45, 7) is 0. The maximum absolute atomic E-state index is 10.9. The van der Waals surface area contributed by atoms with Crippen LogP contribution in [0, 0.1) is 0 Å². The molecule has 0 radical (unpaired) electrons. The number of hydrogen-bond acceptors (Lipinski definition) is 3. The van der Waals surface area contributed by atoms with Crippen LogP contribution in [-0.2, 0) is 0 Å². The minimum absolute atomic E-state index is 0.188. The van der Waals surface area contributed by atoms with Crippen molar-refractivity contribution in [1.29, 1.82) is 0 Å². The average molecular weight is 254 g/mol. The first kappa shape index (κ1) is 11.3. The second kappa shape index (κ2) is 4.13. The number of aromatic nitrogens is 2. The van der Waals surface area contributed by atoms with Crippen molar-refractivity contribution < 1.29 is 15.0 Å². The average Bonchev–Trinajstić information content (AvgIpc) is 2.82. The van der Waals surface area contributed by atoms with E-state index >= 15 is 0 Å². The maximum atomic E-state index is 10.9. The summed E-state index contributed by atoms with van der Waals surface area (Å²) in [4.78, 5) is 18.4. The summed E-state index contributed by atoms with van der Waals surface area (Å²) in [5.41, 5.74) is 2.41. The van der Waals surface area contributed by atoms with E-state index in [1.807, 2.05) is 0 Å². The first-order valence-electron chi connectivity index (χ1n) is 5.66. The lowest BCUT2D eigenvalue weighted by Crippen LogP contribution is -1.94. The van der Waals surface area contributed by atoms with Crippen LogP contribution < -0.4 is 0 Å². The highest BCUT2D eigenvalue weighted by Crippen LogP contribution is 2.23. The zero-order chi connectivity index (χ0) is 13.4. The van der Waals surface area contributed by atoms with E-state index < -0.39 is 5.97 Å². The topological polar surface area (TPSA) is 86.2 Å². The van der Waals surface area contributed by atoms with E-state index in [-0.39, 0.29) is 11.3 Å². The van der Waals surface area contributed by atoms with Crippen molar-refractivity contribution in [3.05, 3.63) is 48.0 Å². The Balaban J connectivity index is 2.11. The highest BCUT2D eigenvalue weighted by molar-refractivity contribution is 5.92. The molecule has 3 aromatic rings.